The molecule has 2 rings (SSSR count). The number of pyridine rings is 1. The third kappa shape index (κ3) is 2.81. The highest BCUT2D eigenvalue weighted by molar-refractivity contribution is 6.36. The molecule has 0 aliphatic heterocycles. The first-order valence-corrected chi connectivity index (χ1v) is 6.00. The van der Waals surface area contributed by atoms with Gasteiger partial charge in [-0.1, -0.05) is 23.2 Å². The number of hydrogen-bond donors (Lipinski definition) is 1. The number of anilines is 1. The molecule has 0 radical (unpaired) electrons. The Balaban J connectivity index is 2.24. The number of aromatic nitrogens is 1. The molecule has 0 aliphatic carbocycles. The van der Waals surface area contributed by atoms with Gasteiger partial charge in [0.1, 0.15) is 0 Å². The summed E-state index contributed by atoms with van der Waals surface area (Å²) in [4.78, 5) is 16.0. The van der Waals surface area contributed by atoms with Crippen molar-refractivity contribution >= 4 is 34.8 Å². The van der Waals surface area contributed by atoms with Crippen LogP contribution in [0, 0.1) is 6.92 Å². The van der Waals surface area contributed by atoms with Crippen LogP contribution < -0.4 is 5.32 Å². The van der Waals surface area contributed by atoms with Gasteiger partial charge in [-0.3, -0.25) is 9.78 Å². The van der Waals surface area contributed by atoms with Crippen molar-refractivity contribution in [1.82, 2.24) is 4.98 Å². The second kappa shape index (κ2) is 5.38. The zero-order valence-corrected chi connectivity index (χ0v) is 11.1. The first-order valence-electron chi connectivity index (χ1n) is 5.25. The van der Waals surface area contributed by atoms with Crippen LogP contribution in [0.2, 0.25) is 10.0 Å². The van der Waals surface area contributed by atoms with Crippen molar-refractivity contribution in [3.63, 3.8) is 0 Å². The molecule has 0 spiro atoms. The van der Waals surface area contributed by atoms with Crippen molar-refractivity contribution in [1.29, 1.82) is 0 Å². The van der Waals surface area contributed by atoms with E-state index in [4.69, 9.17) is 23.2 Å². The second-order valence-electron chi connectivity index (χ2n) is 3.77. The maximum absolute atomic E-state index is 12.0. The van der Waals surface area contributed by atoms with Gasteiger partial charge in [0.15, 0.2) is 0 Å². The van der Waals surface area contributed by atoms with E-state index < -0.39 is 0 Å². The molecule has 1 heterocycles. The summed E-state index contributed by atoms with van der Waals surface area (Å²) >= 11 is 11.8. The molecule has 1 aromatic heterocycles. The minimum atomic E-state index is -0.246. The van der Waals surface area contributed by atoms with Crippen molar-refractivity contribution in [2.45, 2.75) is 6.92 Å². The van der Waals surface area contributed by atoms with E-state index in [9.17, 15) is 4.79 Å². The Morgan fingerprint density at radius 1 is 1.28 bits per heavy atom. The van der Waals surface area contributed by atoms with Crippen molar-refractivity contribution < 1.29 is 4.79 Å². The second-order valence-corrected chi connectivity index (χ2v) is 4.61. The van der Waals surface area contributed by atoms with E-state index in [0.29, 0.717) is 21.3 Å². The molecule has 92 valence electrons. The predicted molar refractivity (Wildman–Crippen MR) is 73.4 cm³/mol. The highest BCUT2D eigenvalue weighted by Gasteiger charge is 2.11. The lowest BCUT2D eigenvalue weighted by Crippen LogP contribution is -2.13. The molecule has 0 atom stereocenters. The lowest BCUT2D eigenvalue weighted by atomic mass is 10.1. The van der Waals surface area contributed by atoms with Gasteiger partial charge < -0.3 is 5.32 Å². The van der Waals surface area contributed by atoms with Crippen LogP contribution in [0.15, 0.2) is 36.7 Å². The lowest BCUT2D eigenvalue weighted by Gasteiger charge is -2.08. The SMILES string of the molecule is Cc1ccncc1C(=O)Nc1ccc(Cl)cc1Cl. The topological polar surface area (TPSA) is 42.0 Å². The number of aryl methyl sites for hydroxylation is 1. The molecule has 0 unspecified atom stereocenters. The standard InChI is InChI=1S/C13H10Cl2N2O/c1-8-4-5-16-7-10(8)13(18)17-12-3-2-9(14)6-11(12)15/h2-7H,1H3,(H,17,18). The van der Waals surface area contributed by atoms with Gasteiger partial charge >= 0.3 is 0 Å². The number of carbonyl (C=O) groups is 1. The summed E-state index contributed by atoms with van der Waals surface area (Å²) in [5, 5.41) is 3.65. The normalized spacial score (nSPS) is 10.2. The summed E-state index contributed by atoms with van der Waals surface area (Å²) in [5.74, 6) is -0.246. The van der Waals surface area contributed by atoms with Crippen LogP contribution in [0.25, 0.3) is 0 Å². The summed E-state index contributed by atoms with van der Waals surface area (Å²) in [5.41, 5.74) is 1.89. The number of halogens is 2. The average molecular weight is 281 g/mol. The molecular formula is C13H10Cl2N2O. The number of carbonyl (C=O) groups excluding carboxylic acids is 1. The molecule has 0 saturated heterocycles. The highest BCUT2D eigenvalue weighted by atomic mass is 35.5. The van der Waals surface area contributed by atoms with E-state index >= 15 is 0 Å². The summed E-state index contributed by atoms with van der Waals surface area (Å²) < 4.78 is 0. The molecule has 18 heavy (non-hydrogen) atoms. The fourth-order valence-electron chi connectivity index (χ4n) is 1.48. The van der Waals surface area contributed by atoms with E-state index in [-0.39, 0.29) is 5.91 Å². The largest absolute Gasteiger partial charge is 0.321 e. The fraction of sp³-hybridized carbons (Fsp3) is 0.0769. The predicted octanol–water partition coefficient (Wildman–Crippen LogP) is 3.95. The Kier molecular flexibility index (Phi) is 3.84. The van der Waals surface area contributed by atoms with Crippen LogP contribution in [-0.4, -0.2) is 10.9 Å². The van der Waals surface area contributed by atoms with Crippen LogP contribution in [-0.2, 0) is 0 Å². The van der Waals surface area contributed by atoms with Crippen LogP contribution in [0.5, 0.6) is 0 Å². The van der Waals surface area contributed by atoms with Gasteiger partial charge in [-0.05, 0) is 36.8 Å². The summed E-state index contributed by atoms with van der Waals surface area (Å²) in [6, 6.07) is 6.68. The van der Waals surface area contributed by atoms with Crippen molar-refractivity contribution in [2.75, 3.05) is 5.32 Å². The third-order valence-corrected chi connectivity index (χ3v) is 3.01. The zero-order chi connectivity index (χ0) is 13.1. The van der Waals surface area contributed by atoms with Gasteiger partial charge in [0.25, 0.3) is 5.91 Å². The van der Waals surface area contributed by atoms with Crippen LogP contribution >= 0.6 is 23.2 Å². The van der Waals surface area contributed by atoms with Crippen LogP contribution in [0.3, 0.4) is 0 Å². The molecule has 2 aromatic rings. The summed E-state index contributed by atoms with van der Waals surface area (Å²) in [7, 11) is 0. The molecule has 0 bridgehead atoms. The van der Waals surface area contributed by atoms with Gasteiger partial charge in [-0.2, -0.15) is 0 Å². The molecule has 1 aromatic carbocycles. The minimum absolute atomic E-state index is 0.246. The molecule has 0 aliphatic rings. The highest BCUT2D eigenvalue weighted by Crippen LogP contribution is 2.25. The molecule has 0 saturated carbocycles. The van der Waals surface area contributed by atoms with Gasteiger partial charge in [0.05, 0.1) is 16.3 Å². The molecule has 1 amide bonds. The minimum Gasteiger partial charge on any atom is -0.321 e. The Morgan fingerprint density at radius 3 is 2.72 bits per heavy atom. The van der Waals surface area contributed by atoms with Crippen molar-refractivity contribution in [2.24, 2.45) is 0 Å². The van der Waals surface area contributed by atoms with Crippen LogP contribution in [0.4, 0.5) is 5.69 Å². The number of hydrogen-bond acceptors (Lipinski definition) is 2. The number of nitrogens with zero attached hydrogens (tertiary/aromatic N) is 1. The Bertz CT molecular complexity index is 599. The quantitative estimate of drug-likeness (QED) is 0.905. The molecular weight excluding hydrogens is 271 g/mol. The lowest BCUT2D eigenvalue weighted by molar-refractivity contribution is 0.102. The molecule has 1 N–H and O–H groups in total. The third-order valence-electron chi connectivity index (χ3n) is 2.46. The Morgan fingerprint density at radius 2 is 2.06 bits per heavy atom. The summed E-state index contributed by atoms with van der Waals surface area (Å²) in [6.07, 6.45) is 3.16. The summed E-state index contributed by atoms with van der Waals surface area (Å²) in [6.45, 7) is 1.85. The van der Waals surface area contributed by atoms with Gasteiger partial charge in [-0.15, -0.1) is 0 Å². The maximum atomic E-state index is 12.0. The number of amides is 1. The van der Waals surface area contributed by atoms with Gasteiger partial charge in [0, 0.05) is 17.4 Å². The maximum Gasteiger partial charge on any atom is 0.257 e. The first kappa shape index (κ1) is 12.9. The number of rotatable bonds is 2. The van der Waals surface area contributed by atoms with E-state index in [0.717, 1.165) is 5.56 Å². The first-order chi connectivity index (χ1) is 8.58. The van der Waals surface area contributed by atoms with Crippen molar-refractivity contribution in [3.8, 4) is 0 Å². The molecule has 3 nitrogen and oxygen atoms in total. The van der Waals surface area contributed by atoms with E-state index in [1.165, 1.54) is 6.20 Å². The molecule has 5 heteroatoms. The number of nitrogens with one attached hydrogen (secondary N) is 1. The Hall–Kier alpha value is -1.58. The van der Waals surface area contributed by atoms with E-state index in [1.54, 1.807) is 30.5 Å². The average Bonchev–Trinajstić information content (AvgIpc) is 2.33. The monoisotopic (exact) mass is 280 g/mol. The van der Waals surface area contributed by atoms with Crippen molar-refractivity contribution in [3.05, 3.63) is 57.8 Å². The van der Waals surface area contributed by atoms with E-state index in [2.05, 4.69) is 10.3 Å². The zero-order valence-electron chi connectivity index (χ0n) is 9.58. The molecule has 0 fully saturated rings. The van der Waals surface area contributed by atoms with Crippen LogP contribution in [0.1, 0.15) is 15.9 Å². The van der Waals surface area contributed by atoms with Gasteiger partial charge in [-0.25, -0.2) is 0 Å². The van der Waals surface area contributed by atoms with Gasteiger partial charge in [0.2, 0.25) is 0 Å². The fourth-order valence-corrected chi connectivity index (χ4v) is 1.94. The number of benzene rings is 1. The van der Waals surface area contributed by atoms with E-state index in [1.807, 2.05) is 6.92 Å². The smallest absolute Gasteiger partial charge is 0.257 e. The Labute approximate surface area is 115 Å².